The van der Waals surface area contributed by atoms with Crippen LogP contribution in [0.1, 0.15) is 38.7 Å². The monoisotopic (exact) mass is 284 g/mol. The number of ketones is 1. The Morgan fingerprint density at radius 3 is 2.81 bits per heavy atom. The van der Waals surface area contributed by atoms with E-state index in [2.05, 4.69) is 32.1 Å². The standard InChI is InChI=1S/C19H24O2/c1-14(21-13-15-7-4-3-5-8-15)16-11-17-18(20)9-6-10-19(17,2)12-16/h3-9,14,16-17H,10-13H2,1-2H3/t14-,16?,17-,19+/m1/s1. The molecule has 1 aromatic rings. The van der Waals surface area contributed by atoms with E-state index in [0.29, 0.717) is 18.3 Å². The molecule has 0 bridgehead atoms. The minimum absolute atomic E-state index is 0.154. The van der Waals surface area contributed by atoms with Crippen LogP contribution in [-0.2, 0) is 16.1 Å². The smallest absolute Gasteiger partial charge is 0.159 e. The molecule has 0 aromatic heterocycles. The lowest BCUT2D eigenvalue weighted by molar-refractivity contribution is -0.121. The van der Waals surface area contributed by atoms with Crippen molar-refractivity contribution in [3.8, 4) is 0 Å². The van der Waals surface area contributed by atoms with E-state index in [9.17, 15) is 4.79 Å². The van der Waals surface area contributed by atoms with Crippen molar-refractivity contribution in [2.75, 3.05) is 0 Å². The molecule has 1 fully saturated rings. The summed E-state index contributed by atoms with van der Waals surface area (Å²) in [5, 5.41) is 0. The van der Waals surface area contributed by atoms with Gasteiger partial charge in [0.15, 0.2) is 5.78 Å². The molecule has 0 saturated heterocycles. The van der Waals surface area contributed by atoms with Crippen LogP contribution >= 0.6 is 0 Å². The SMILES string of the molecule is C[C@@H](OCc1ccccc1)C1C[C@@H]2C(=O)C=CC[C@@]2(C)C1. The molecule has 112 valence electrons. The minimum Gasteiger partial charge on any atom is -0.374 e. The van der Waals surface area contributed by atoms with Gasteiger partial charge in [-0.25, -0.2) is 0 Å². The molecule has 2 aliphatic rings. The third kappa shape index (κ3) is 2.96. The predicted molar refractivity (Wildman–Crippen MR) is 83.8 cm³/mol. The van der Waals surface area contributed by atoms with E-state index in [-0.39, 0.29) is 17.4 Å². The van der Waals surface area contributed by atoms with Gasteiger partial charge in [0.05, 0.1) is 12.7 Å². The number of ether oxygens (including phenoxy) is 1. The van der Waals surface area contributed by atoms with Gasteiger partial charge in [0.25, 0.3) is 0 Å². The maximum absolute atomic E-state index is 12.1. The molecule has 2 heteroatoms. The van der Waals surface area contributed by atoms with Crippen molar-refractivity contribution < 1.29 is 9.53 Å². The molecule has 2 aliphatic carbocycles. The highest BCUT2D eigenvalue weighted by atomic mass is 16.5. The second-order valence-electron chi connectivity index (χ2n) is 6.92. The zero-order valence-electron chi connectivity index (χ0n) is 12.9. The maximum Gasteiger partial charge on any atom is 0.159 e. The van der Waals surface area contributed by atoms with Gasteiger partial charge in [0, 0.05) is 5.92 Å². The Labute approximate surface area is 127 Å². The Kier molecular flexibility index (Phi) is 3.99. The van der Waals surface area contributed by atoms with Crippen LogP contribution in [0.4, 0.5) is 0 Å². The zero-order chi connectivity index (χ0) is 14.9. The molecule has 0 heterocycles. The lowest BCUT2D eigenvalue weighted by Crippen LogP contribution is -2.29. The average molecular weight is 284 g/mol. The molecule has 3 rings (SSSR count). The van der Waals surface area contributed by atoms with Crippen LogP contribution in [0.3, 0.4) is 0 Å². The summed E-state index contributed by atoms with van der Waals surface area (Å²) in [6.45, 7) is 5.08. The number of benzene rings is 1. The van der Waals surface area contributed by atoms with E-state index < -0.39 is 0 Å². The van der Waals surface area contributed by atoms with Crippen molar-refractivity contribution in [3.63, 3.8) is 0 Å². The van der Waals surface area contributed by atoms with Crippen LogP contribution in [-0.4, -0.2) is 11.9 Å². The van der Waals surface area contributed by atoms with Gasteiger partial charge in [0.2, 0.25) is 0 Å². The Bertz CT molecular complexity index is 534. The number of carbonyl (C=O) groups is 1. The number of hydrogen-bond acceptors (Lipinski definition) is 2. The van der Waals surface area contributed by atoms with Crippen molar-refractivity contribution in [1.82, 2.24) is 0 Å². The summed E-state index contributed by atoms with van der Waals surface area (Å²) >= 11 is 0. The van der Waals surface area contributed by atoms with E-state index in [1.165, 1.54) is 5.56 Å². The Balaban J connectivity index is 1.60. The largest absolute Gasteiger partial charge is 0.374 e. The molecule has 21 heavy (non-hydrogen) atoms. The molecule has 0 amide bonds. The van der Waals surface area contributed by atoms with Crippen LogP contribution in [0.5, 0.6) is 0 Å². The van der Waals surface area contributed by atoms with E-state index in [1.54, 1.807) is 6.08 Å². The molecule has 0 N–H and O–H groups in total. The maximum atomic E-state index is 12.1. The second kappa shape index (κ2) is 5.76. The molecule has 2 nitrogen and oxygen atoms in total. The first-order chi connectivity index (χ1) is 10.1. The first kappa shape index (κ1) is 14.5. The topological polar surface area (TPSA) is 26.3 Å². The molecular formula is C19H24O2. The summed E-state index contributed by atoms with van der Waals surface area (Å²) in [5.74, 6) is 1.02. The molecule has 1 unspecified atom stereocenters. The van der Waals surface area contributed by atoms with Crippen LogP contribution in [0.25, 0.3) is 0 Å². The van der Waals surface area contributed by atoms with E-state index in [0.717, 1.165) is 19.3 Å². The highest BCUT2D eigenvalue weighted by Crippen LogP contribution is 2.52. The third-order valence-electron chi connectivity index (χ3n) is 5.34. The van der Waals surface area contributed by atoms with Gasteiger partial charge in [-0.05, 0) is 49.2 Å². The highest BCUT2D eigenvalue weighted by molar-refractivity contribution is 5.93. The average Bonchev–Trinajstić information content (AvgIpc) is 2.85. The summed E-state index contributed by atoms with van der Waals surface area (Å²) < 4.78 is 6.07. The molecule has 1 saturated carbocycles. The number of allylic oxidation sites excluding steroid dienone is 2. The Morgan fingerprint density at radius 1 is 1.33 bits per heavy atom. The van der Waals surface area contributed by atoms with Gasteiger partial charge in [-0.15, -0.1) is 0 Å². The van der Waals surface area contributed by atoms with E-state index >= 15 is 0 Å². The third-order valence-corrected chi connectivity index (χ3v) is 5.34. The fraction of sp³-hybridized carbons (Fsp3) is 0.526. The number of hydrogen-bond donors (Lipinski definition) is 0. The minimum atomic E-state index is 0.154. The van der Waals surface area contributed by atoms with Crippen molar-refractivity contribution in [3.05, 3.63) is 48.0 Å². The van der Waals surface area contributed by atoms with Gasteiger partial charge < -0.3 is 4.74 Å². The zero-order valence-corrected chi connectivity index (χ0v) is 12.9. The summed E-state index contributed by atoms with van der Waals surface area (Å²) in [6.07, 6.45) is 7.16. The molecule has 0 radical (unpaired) electrons. The van der Waals surface area contributed by atoms with Crippen molar-refractivity contribution in [2.24, 2.45) is 17.3 Å². The normalized spacial score (nSPS) is 33.0. The second-order valence-corrected chi connectivity index (χ2v) is 6.92. The molecule has 0 spiro atoms. The molecule has 4 atom stereocenters. The number of rotatable bonds is 4. The highest BCUT2D eigenvalue weighted by Gasteiger charge is 2.48. The summed E-state index contributed by atoms with van der Waals surface area (Å²) in [5.41, 5.74) is 1.37. The molecule has 0 aliphatic heterocycles. The summed E-state index contributed by atoms with van der Waals surface area (Å²) in [6, 6.07) is 10.3. The lowest BCUT2D eigenvalue weighted by atomic mass is 9.72. The fourth-order valence-electron chi connectivity index (χ4n) is 3.95. The van der Waals surface area contributed by atoms with Gasteiger partial charge in [-0.1, -0.05) is 43.3 Å². The Morgan fingerprint density at radius 2 is 2.10 bits per heavy atom. The number of carbonyl (C=O) groups excluding carboxylic acids is 1. The van der Waals surface area contributed by atoms with Gasteiger partial charge in [-0.2, -0.15) is 0 Å². The van der Waals surface area contributed by atoms with Crippen LogP contribution in [0.15, 0.2) is 42.5 Å². The van der Waals surface area contributed by atoms with Crippen LogP contribution in [0, 0.1) is 17.3 Å². The van der Waals surface area contributed by atoms with E-state index in [4.69, 9.17) is 4.74 Å². The van der Waals surface area contributed by atoms with Gasteiger partial charge in [0.1, 0.15) is 0 Å². The van der Waals surface area contributed by atoms with Gasteiger partial charge in [-0.3, -0.25) is 4.79 Å². The first-order valence-electron chi connectivity index (χ1n) is 7.94. The van der Waals surface area contributed by atoms with Gasteiger partial charge >= 0.3 is 0 Å². The molecular weight excluding hydrogens is 260 g/mol. The fourth-order valence-corrected chi connectivity index (χ4v) is 3.95. The lowest BCUT2D eigenvalue weighted by Gasteiger charge is -2.31. The molecule has 1 aromatic carbocycles. The predicted octanol–water partition coefficient (Wildman–Crippen LogP) is 4.15. The quantitative estimate of drug-likeness (QED) is 0.830. The Hall–Kier alpha value is -1.41. The summed E-state index contributed by atoms with van der Waals surface area (Å²) in [4.78, 5) is 12.1. The van der Waals surface area contributed by atoms with Crippen LogP contribution in [0.2, 0.25) is 0 Å². The van der Waals surface area contributed by atoms with Crippen LogP contribution < -0.4 is 0 Å². The van der Waals surface area contributed by atoms with Crippen molar-refractivity contribution >= 4 is 5.78 Å². The van der Waals surface area contributed by atoms with Crippen molar-refractivity contribution in [1.29, 1.82) is 0 Å². The van der Waals surface area contributed by atoms with E-state index in [1.807, 2.05) is 18.2 Å². The first-order valence-corrected chi connectivity index (χ1v) is 7.94. The number of fused-ring (bicyclic) bond motifs is 1. The van der Waals surface area contributed by atoms with Crippen molar-refractivity contribution in [2.45, 2.75) is 45.8 Å². The summed E-state index contributed by atoms with van der Waals surface area (Å²) in [7, 11) is 0.